The molecule has 30 heavy (non-hydrogen) atoms. The monoisotopic (exact) mass is 456 g/mol. The first kappa shape index (κ1) is 20.7. The molecule has 1 amide bonds. The van der Waals surface area contributed by atoms with Gasteiger partial charge in [-0.25, -0.2) is 4.98 Å². The third-order valence-electron chi connectivity index (χ3n) is 4.76. The summed E-state index contributed by atoms with van der Waals surface area (Å²) in [6, 6.07) is 16.9. The number of fused-ring (bicyclic) bond motifs is 1. The minimum atomic E-state index is -0.317. The Bertz CT molecular complexity index is 1220. The van der Waals surface area contributed by atoms with E-state index in [1.807, 2.05) is 56.3 Å². The number of halogens is 2. The summed E-state index contributed by atoms with van der Waals surface area (Å²) in [4.78, 5) is 17.3. The summed E-state index contributed by atoms with van der Waals surface area (Å²) in [6.07, 6.45) is 0. The normalized spacial score (nSPS) is 10.9. The first-order valence-electron chi connectivity index (χ1n) is 9.26. The predicted molar refractivity (Wildman–Crippen MR) is 125 cm³/mol. The van der Waals surface area contributed by atoms with Crippen LogP contribution in [0.4, 0.5) is 5.69 Å². The van der Waals surface area contributed by atoms with E-state index in [4.69, 9.17) is 27.9 Å². The Morgan fingerprint density at radius 2 is 1.90 bits per heavy atom. The molecule has 0 unspecified atom stereocenters. The lowest BCUT2D eigenvalue weighted by molar-refractivity contribution is -0.118. The molecule has 1 aromatic heterocycles. The Kier molecular flexibility index (Phi) is 5.95. The number of carbonyl (C=O) groups excluding carboxylic acids is 1. The highest BCUT2D eigenvalue weighted by molar-refractivity contribution is 7.21. The van der Waals surface area contributed by atoms with E-state index in [2.05, 4.69) is 10.3 Å². The average molecular weight is 457 g/mol. The quantitative estimate of drug-likeness (QED) is 0.355. The van der Waals surface area contributed by atoms with Crippen molar-refractivity contribution in [3.05, 3.63) is 75.8 Å². The van der Waals surface area contributed by atoms with Gasteiger partial charge in [-0.3, -0.25) is 4.79 Å². The predicted octanol–water partition coefficient (Wildman–Crippen LogP) is 6.90. The maximum Gasteiger partial charge on any atom is 0.262 e. The first-order valence-corrected chi connectivity index (χ1v) is 10.8. The molecule has 0 spiro atoms. The third kappa shape index (κ3) is 4.29. The number of anilines is 1. The van der Waals surface area contributed by atoms with Crippen molar-refractivity contribution in [1.82, 2.24) is 4.98 Å². The van der Waals surface area contributed by atoms with Gasteiger partial charge < -0.3 is 10.1 Å². The van der Waals surface area contributed by atoms with Crippen molar-refractivity contribution in [2.24, 2.45) is 0 Å². The fraction of sp³-hybridized carbons (Fsp3) is 0.130. The maximum atomic E-state index is 12.6. The zero-order valence-electron chi connectivity index (χ0n) is 16.3. The SMILES string of the molecule is Cc1cccc(OCC(=O)Nc2c(Cl)cc(Cl)cc2-c2nc3ccccc3s2)c1C. The third-order valence-corrected chi connectivity index (χ3v) is 6.34. The fourth-order valence-corrected chi connectivity index (χ4v) is 4.58. The number of ether oxygens (including phenoxy) is 1. The molecule has 0 aliphatic carbocycles. The topological polar surface area (TPSA) is 51.2 Å². The molecule has 3 aromatic carbocycles. The number of para-hydroxylation sites is 1. The molecule has 4 rings (SSSR count). The van der Waals surface area contributed by atoms with E-state index >= 15 is 0 Å². The van der Waals surface area contributed by atoms with Crippen molar-refractivity contribution in [2.45, 2.75) is 13.8 Å². The standard InChI is InChI=1S/C23H18Cl2N2O2S/c1-13-6-5-8-19(14(13)2)29-12-21(28)27-22-16(10-15(24)11-17(22)25)23-26-18-7-3-4-9-20(18)30-23/h3-11H,12H2,1-2H3,(H,27,28). The van der Waals surface area contributed by atoms with Crippen molar-refractivity contribution in [2.75, 3.05) is 11.9 Å². The van der Waals surface area contributed by atoms with Crippen LogP contribution in [0.3, 0.4) is 0 Å². The molecule has 0 saturated carbocycles. The van der Waals surface area contributed by atoms with Crippen molar-refractivity contribution in [3.63, 3.8) is 0 Å². The molecular weight excluding hydrogens is 439 g/mol. The number of rotatable bonds is 5. The van der Waals surface area contributed by atoms with Crippen LogP contribution in [0, 0.1) is 13.8 Å². The molecule has 0 aliphatic rings. The zero-order chi connectivity index (χ0) is 21.3. The van der Waals surface area contributed by atoms with Gasteiger partial charge in [-0.15, -0.1) is 11.3 Å². The number of amides is 1. The summed E-state index contributed by atoms with van der Waals surface area (Å²) in [5.41, 5.74) is 4.13. The van der Waals surface area contributed by atoms with Gasteiger partial charge in [0.1, 0.15) is 10.8 Å². The zero-order valence-corrected chi connectivity index (χ0v) is 18.7. The first-order chi connectivity index (χ1) is 14.4. The van der Waals surface area contributed by atoms with Crippen LogP contribution in [0.5, 0.6) is 5.75 Å². The summed E-state index contributed by atoms with van der Waals surface area (Å²) in [7, 11) is 0. The van der Waals surface area contributed by atoms with Crippen molar-refractivity contribution in [1.29, 1.82) is 0 Å². The molecule has 1 heterocycles. The van der Waals surface area contributed by atoms with Gasteiger partial charge in [-0.1, -0.05) is 47.5 Å². The Morgan fingerprint density at radius 1 is 1.10 bits per heavy atom. The molecule has 4 nitrogen and oxygen atoms in total. The highest BCUT2D eigenvalue weighted by Gasteiger charge is 2.17. The molecule has 4 aromatic rings. The lowest BCUT2D eigenvalue weighted by Crippen LogP contribution is -2.21. The van der Waals surface area contributed by atoms with E-state index in [0.29, 0.717) is 27.0 Å². The van der Waals surface area contributed by atoms with E-state index in [1.165, 1.54) is 11.3 Å². The number of hydrogen-bond acceptors (Lipinski definition) is 4. The van der Waals surface area contributed by atoms with Gasteiger partial charge in [0.25, 0.3) is 5.91 Å². The smallest absolute Gasteiger partial charge is 0.262 e. The van der Waals surface area contributed by atoms with Crippen LogP contribution in [0.15, 0.2) is 54.6 Å². The summed E-state index contributed by atoms with van der Waals surface area (Å²) in [5, 5.41) is 4.41. The van der Waals surface area contributed by atoms with Gasteiger partial charge >= 0.3 is 0 Å². The average Bonchev–Trinajstić information content (AvgIpc) is 3.15. The summed E-state index contributed by atoms with van der Waals surface area (Å²) in [6.45, 7) is 3.83. The highest BCUT2D eigenvalue weighted by atomic mass is 35.5. The van der Waals surface area contributed by atoms with Crippen LogP contribution in [0.25, 0.3) is 20.8 Å². The van der Waals surface area contributed by atoms with Gasteiger partial charge in [0, 0.05) is 10.6 Å². The van der Waals surface area contributed by atoms with E-state index in [-0.39, 0.29) is 12.5 Å². The molecule has 0 saturated heterocycles. The number of nitrogens with zero attached hydrogens (tertiary/aromatic N) is 1. The summed E-state index contributed by atoms with van der Waals surface area (Å²) >= 11 is 14.2. The number of aryl methyl sites for hydroxylation is 1. The molecule has 0 fully saturated rings. The largest absolute Gasteiger partial charge is 0.483 e. The molecule has 0 aliphatic heterocycles. The Labute approximate surface area is 188 Å². The second-order valence-electron chi connectivity index (χ2n) is 6.83. The van der Waals surface area contributed by atoms with Crippen LogP contribution in [-0.2, 0) is 4.79 Å². The molecule has 0 bridgehead atoms. The van der Waals surface area contributed by atoms with Crippen LogP contribution < -0.4 is 10.1 Å². The second kappa shape index (κ2) is 8.64. The number of aromatic nitrogens is 1. The molecule has 0 atom stereocenters. The van der Waals surface area contributed by atoms with Crippen molar-refractivity contribution < 1.29 is 9.53 Å². The van der Waals surface area contributed by atoms with Crippen LogP contribution in [-0.4, -0.2) is 17.5 Å². The van der Waals surface area contributed by atoms with Crippen LogP contribution in [0.2, 0.25) is 10.0 Å². The van der Waals surface area contributed by atoms with E-state index in [1.54, 1.807) is 12.1 Å². The lowest BCUT2D eigenvalue weighted by atomic mass is 10.1. The van der Waals surface area contributed by atoms with Gasteiger partial charge in [-0.05, 0) is 55.3 Å². The van der Waals surface area contributed by atoms with E-state index in [9.17, 15) is 4.79 Å². The number of hydrogen-bond donors (Lipinski definition) is 1. The molecule has 7 heteroatoms. The Balaban J connectivity index is 1.60. The van der Waals surface area contributed by atoms with Gasteiger partial charge in [0.05, 0.1) is 20.9 Å². The second-order valence-corrected chi connectivity index (χ2v) is 8.71. The molecular formula is C23H18Cl2N2O2S. The summed E-state index contributed by atoms with van der Waals surface area (Å²) in [5.74, 6) is 0.362. The number of thiazole rings is 1. The van der Waals surface area contributed by atoms with E-state index in [0.717, 1.165) is 26.4 Å². The minimum absolute atomic E-state index is 0.136. The lowest BCUT2D eigenvalue weighted by Gasteiger charge is -2.14. The number of carbonyl (C=O) groups is 1. The van der Waals surface area contributed by atoms with Crippen molar-refractivity contribution in [3.8, 4) is 16.3 Å². The van der Waals surface area contributed by atoms with E-state index < -0.39 is 0 Å². The Hall–Kier alpha value is -2.60. The van der Waals surface area contributed by atoms with Crippen LogP contribution in [0.1, 0.15) is 11.1 Å². The highest BCUT2D eigenvalue weighted by Crippen LogP contribution is 2.40. The van der Waals surface area contributed by atoms with Crippen LogP contribution >= 0.6 is 34.5 Å². The molecule has 152 valence electrons. The van der Waals surface area contributed by atoms with Gasteiger partial charge in [-0.2, -0.15) is 0 Å². The number of nitrogens with one attached hydrogen (secondary N) is 1. The molecule has 0 radical (unpaired) electrons. The van der Waals surface area contributed by atoms with Gasteiger partial charge in [0.15, 0.2) is 6.61 Å². The number of benzene rings is 3. The summed E-state index contributed by atoms with van der Waals surface area (Å²) < 4.78 is 6.76. The fourth-order valence-electron chi connectivity index (χ4n) is 3.06. The minimum Gasteiger partial charge on any atom is -0.483 e. The van der Waals surface area contributed by atoms with Gasteiger partial charge in [0.2, 0.25) is 0 Å². The molecule has 1 N–H and O–H groups in total. The maximum absolute atomic E-state index is 12.6. The Morgan fingerprint density at radius 3 is 2.70 bits per heavy atom. The van der Waals surface area contributed by atoms with Crippen molar-refractivity contribution >= 4 is 56.3 Å².